The van der Waals surface area contributed by atoms with E-state index >= 15 is 0 Å². The van der Waals surface area contributed by atoms with Crippen molar-refractivity contribution in [3.8, 4) is 11.4 Å². The second-order valence-electron chi connectivity index (χ2n) is 6.32. The molecule has 9 nitrogen and oxygen atoms in total. The van der Waals surface area contributed by atoms with E-state index in [2.05, 4.69) is 32.5 Å². The van der Waals surface area contributed by atoms with Crippen LogP contribution < -0.4 is 15.4 Å². The number of carbonyl (C=O) groups is 2. The summed E-state index contributed by atoms with van der Waals surface area (Å²) >= 11 is 2.35. The number of aromatic nitrogens is 4. The Bertz CT molecular complexity index is 1080. The van der Waals surface area contributed by atoms with Crippen LogP contribution >= 0.6 is 23.1 Å². The molecule has 0 unspecified atom stereocenters. The summed E-state index contributed by atoms with van der Waals surface area (Å²) in [7, 11) is 0. The molecule has 0 aliphatic carbocycles. The molecule has 0 aliphatic heterocycles. The van der Waals surface area contributed by atoms with Crippen LogP contribution in [0.15, 0.2) is 47.5 Å². The van der Waals surface area contributed by atoms with Crippen molar-refractivity contribution in [3.63, 3.8) is 0 Å². The van der Waals surface area contributed by atoms with Gasteiger partial charge in [0.05, 0.1) is 24.2 Å². The largest absolute Gasteiger partial charge is 0.489 e. The van der Waals surface area contributed by atoms with Gasteiger partial charge in [-0.2, -0.15) is 5.10 Å². The van der Waals surface area contributed by atoms with Crippen molar-refractivity contribution in [2.24, 2.45) is 0 Å². The van der Waals surface area contributed by atoms with Crippen LogP contribution in [0.25, 0.3) is 5.69 Å². The number of rotatable bonds is 11. The zero-order valence-corrected chi connectivity index (χ0v) is 18.8. The molecule has 3 aromatic rings. The molecule has 0 saturated heterocycles. The molecule has 12 heteroatoms. The summed E-state index contributed by atoms with van der Waals surface area (Å²) in [6.07, 6.45) is 3.91. The fraction of sp³-hybridized carbons (Fsp3) is 0.250. The molecule has 3 rings (SSSR count). The molecule has 0 bridgehead atoms. The van der Waals surface area contributed by atoms with E-state index in [0.29, 0.717) is 28.9 Å². The van der Waals surface area contributed by atoms with E-state index in [9.17, 15) is 14.0 Å². The average Bonchev–Trinajstić information content (AvgIpc) is 3.42. The maximum atomic E-state index is 13.2. The number of carbonyl (C=O) groups excluding carboxylic acids is 2. The number of nitrogens with one attached hydrogen (secondary N) is 2. The Kier molecular flexibility index (Phi) is 8.34. The molecule has 2 N–H and O–H groups in total. The summed E-state index contributed by atoms with van der Waals surface area (Å²) in [6, 6.07) is 5.71. The molecule has 0 saturated carbocycles. The maximum Gasteiger partial charge on any atom is 0.281 e. The smallest absolute Gasteiger partial charge is 0.281 e. The van der Waals surface area contributed by atoms with Crippen molar-refractivity contribution in [1.82, 2.24) is 25.3 Å². The highest BCUT2D eigenvalue weighted by Gasteiger charge is 2.21. The zero-order valence-electron chi connectivity index (χ0n) is 17.2. The first kappa shape index (κ1) is 23.4. The molecule has 0 radical (unpaired) electrons. The summed E-state index contributed by atoms with van der Waals surface area (Å²) in [5.74, 6) is -0.572. The minimum Gasteiger partial charge on any atom is -0.489 e. The van der Waals surface area contributed by atoms with Crippen molar-refractivity contribution in [2.75, 3.05) is 24.2 Å². The van der Waals surface area contributed by atoms with E-state index in [-0.39, 0.29) is 28.3 Å². The summed E-state index contributed by atoms with van der Waals surface area (Å²) in [5, 5.41) is 17.8. The van der Waals surface area contributed by atoms with Gasteiger partial charge in [0.1, 0.15) is 5.82 Å². The van der Waals surface area contributed by atoms with Gasteiger partial charge in [-0.25, -0.2) is 9.07 Å². The lowest BCUT2D eigenvalue weighted by atomic mass is 10.3. The van der Waals surface area contributed by atoms with Crippen molar-refractivity contribution >= 4 is 40.0 Å². The number of hydrogen-bond acceptors (Lipinski definition) is 8. The lowest BCUT2D eigenvalue weighted by Crippen LogP contribution is -2.24. The molecule has 32 heavy (non-hydrogen) atoms. The van der Waals surface area contributed by atoms with E-state index in [1.165, 1.54) is 28.6 Å². The minimum atomic E-state index is -0.520. The third-order valence-electron chi connectivity index (χ3n) is 3.85. The number of nitrogens with zero attached hydrogens (tertiary/aromatic N) is 4. The first-order valence-electron chi connectivity index (χ1n) is 9.63. The first-order chi connectivity index (χ1) is 15.5. The molecule has 0 atom stereocenters. The second kappa shape index (κ2) is 11.4. The van der Waals surface area contributed by atoms with Crippen LogP contribution in [-0.4, -0.2) is 50.7 Å². The van der Waals surface area contributed by atoms with Crippen molar-refractivity contribution in [2.45, 2.75) is 17.7 Å². The molecule has 0 fully saturated rings. The zero-order chi connectivity index (χ0) is 22.9. The van der Waals surface area contributed by atoms with Gasteiger partial charge in [0.2, 0.25) is 11.0 Å². The summed E-state index contributed by atoms with van der Waals surface area (Å²) in [5.41, 5.74) is 0.645. The van der Waals surface area contributed by atoms with Gasteiger partial charge in [-0.1, -0.05) is 36.1 Å². The van der Waals surface area contributed by atoms with Gasteiger partial charge < -0.3 is 10.1 Å². The van der Waals surface area contributed by atoms with E-state index in [4.69, 9.17) is 4.74 Å². The Labute approximate surface area is 192 Å². The van der Waals surface area contributed by atoms with Crippen molar-refractivity contribution in [3.05, 3.63) is 54.6 Å². The lowest BCUT2D eigenvalue weighted by Gasteiger charge is -2.03. The molecule has 0 aliphatic rings. The number of amides is 2. The maximum absolute atomic E-state index is 13.2. The normalized spacial score (nSPS) is 10.6. The summed E-state index contributed by atoms with van der Waals surface area (Å²) < 4.78 is 20.9. The highest BCUT2D eigenvalue weighted by molar-refractivity contribution is 8.01. The van der Waals surface area contributed by atoms with E-state index < -0.39 is 5.91 Å². The van der Waals surface area contributed by atoms with Gasteiger partial charge in [-0.05, 0) is 30.7 Å². The van der Waals surface area contributed by atoms with Crippen LogP contribution in [0, 0.1) is 5.82 Å². The van der Waals surface area contributed by atoms with Crippen LogP contribution in [0.1, 0.15) is 23.8 Å². The molecule has 2 aromatic heterocycles. The van der Waals surface area contributed by atoms with Crippen LogP contribution in [-0.2, 0) is 4.79 Å². The first-order valence-corrected chi connectivity index (χ1v) is 11.4. The SMILES string of the molecule is C=CCNC(=O)CSc1nnc(NC(=O)c2nn(-c3ccc(F)cc3)cc2OCCC)s1. The fourth-order valence-electron chi connectivity index (χ4n) is 2.40. The molecule has 168 valence electrons. The Hall–Kier alpha value is -3.25. The van der Waals surface area contributed by atoms with Crippen LogP contribution in [0.3, 0.4) is 0 Å². The monoisotopic (exact) mass is 476 g/mol. The Morgan fingerprint density at radius 1 is 1.31 bits per heavy atom. The van der Waals surface area contributed by atoms with E-state index in [1.54, 1.807) is 24.4 Å². The second-order valence-corrected chi connectivity index (χ2v) is 8.52. The van der Waals surface area contributed by atoms with Crippen molar-refractivity contribution in [1.29, 1.82) is 0 Å². The molecular formula is C20H21FN6O3S2. The topological polar surface area (TPSA) is 111 Å². The summed E-state index contributed by atoms with van der Waals surface area (Å²) in [4.78, 5) is 24.5. The van der Waals surface area contributed by atoms with Gasteiger partial charge in [0.15, 0.2) is 15.8 Å². The third kappa shape index (κ3) is 6.37. The van der Waals surface area contributed by atoms with Gasteiger partial charge in [-0.3, -0.25) is 14.9 Å². The van der Waals surface area contributed by atoms with Gasteiger partial charge in [0, 0.05) is 6.54 Å². The number of ether oxygens (including phenoxy) is 1. The Balaban J connectivity index is 1.70. The predicted octanol–water partition coefficient (Wildman–Crippen LogP) is 3.30. The number of benzene rings is 1. The predicted molar refractivity (Wildman–Crippen MR) is 121 cm³/mol. The van der Waals surface area contributed by atoms with Crippen molar-refractivity contribution < 1.29 is 18.7 Å². The van der Waals surface area contributed by atoms with Crippen LogP contribution in [0.5, 0.6) is 5.75 Å². The van der Waals surface area contributed by atoms with Gasteiger partial charge >= 0.3 is 0 Å². The van der Waals surface area contributed by atoms with Gasteiger partial charge in [0.25, 0.3) is 5.91 Å². The lowest BCUT2D eigenvalue weighted by molar-refractivity contribution is -0.118. The van der Waals surface area contributed by atoms with E-state index in [0.717, 1.165) is 17.8 Å². The fourth-order valence-corrected chi connectivity index (χ4v) is 3.98. The summed E-state index contributed by atoms with van der Waals surface area (Å²) in [6.45, 7) is 6.28. The average molecular weight is 477 g/mol. The number of thioether (sulfide) groups is 1. The molecule has 0 spiro atoms. The number of halogens is 1. The van der Waals surface area contributed by atoms with E-state index in [1.807, 2.05) is 6.92 Å². The molecule has 1 aromatic carbocycles. The van der Waals surface area contributed by atoms with Crippen LogP contribution in [0.2, 0.25) is 0 Å². The molecule has 2 amide bonds. The highest BCUT2D eigenvalue weighted by atomic mass is 32.2. The Morgan fingerprint density at radius 3 is 2.81 bits per heavy atom. The standard InChI is InChI=1S/C20H21FN6O3S2/c1-3-9-22-16(28)12-31-20-25-24-19(32-20)23-18(29)17-15(30-10-4-2)11-27(26-17)14-7-5-13(21)6-8-14/h3,5-8,11H,1,4,9-10,12H2,2H3,(H,22,28)(H,23,24,29). The molecule has 2 heterocycles. The van der Waals surface area contributed by atoms with Crippen LogP contribution in [0.4, 0.5) is 9.52 Å². The number of hydrogen-bond donors (Lipinski definition) is 2. The quantitative estimate of drug-likeness (QED) is 0.248. The van der Waals surface area contributed by atoms with Gasteiger partial charge in [-0.15, -0.1) is 16.8 Å². The minimum absolute atomic E-state index is 0.0657. The molecular weight excluding hydrogens is 455 g/mol. The third-order valence-corrected chi connectivity index (χ3v) is 5.82. The number of anilines is 1. The Morgan fingerprint density at radius 2 is 2.09 bits per heavy atom. The highest BCUT2D eigenvalue weighted by Crippen LogP contribution is 2.27.